The number of hydrogen-bond donors (Lipinski definition) is 3. The number of hydrogen-bond acceptors (Lipinski definition) is 3. The van der Waals surface area contributed by atoms with Crippen LogP contribution in [0.2, 0.25) is 0 Å². The first-order valence-electron chi connectivity index (χ1n) is 6.17. The molecule has 16 heavy (non-hydrogen) atoms. The standard InChI is InChI=1S/C12H24N2O2/c1-4-5-12(3,16)8-14-11(15)9(2)10-6-13-7-10/h9-10,13,16H,4-8H2,1-3H3,(H,14,15). The molecule has 0 aromatic rings. The highest BCUT2D eigenvalue weighted by atomic mass is 16.3. The van der Waals surface area contributed by atoms with Crippen molar-refractivity contribution in [1.82, 2.24) is 10.6 Å². The quantitative estimate of drug-likeness (QED) is 0.621. The summed E-state index contributed by atoms with van der Waals surface area (Å²) >= 11 is 0. The Morgan fingerprint density at radius 3 is 2.69 bits per heavy atom. The number of amides is 1. The molecule has 1 amide bonds. The summed E-state index contributed by atoms with van der Waals surface area (Å²) in [5.74, 6) is 0.553. The molecule has 4 nitrogen and oxygen atoms in total. The molecule has 0 spiro atoms. The van der Waals surface area contributed by atoms with Crippen LogP contribution in [0.4, 0.5) is 0 Å². The summed E-state index contributed by atoms with van der Waals surface area (Å²) in [6.45, 7) is 7.96. The molecule has 4 heteroatoms. The summed E-state index contributed by atoms with van der Waals surface area (Å²) in [6, 6.07) is 0. The van der Waals surface area contributed by atoms with Crippen molar-refractivity contribution in [2.45, 2.75) is 39.2 Å². The number of aliphatic hydroxyl groups is 1. The third-order valence-corrected chi connectivity index (χ3v) is 3.37. The van der Waals surface area contributed by atoms with E-state index in [1.165, 1.54) is 0 Å². The van der Waals surface area contributed by atoms with Crippen LogP contribution < -0.4 is 10.6 Å². The molecule has 3 N–H and O–H groups in total. The summed E-state index contributed by atoms with van der Waals surface area (Å²) < 4.78 is 0. The lowest BCUT2D eigenvalue weighted by Crippen LogP contribution is -2.51. The Labute approximate surface area is 97.8 Å². The minimum atomic E-state index is -0.776. The first kappa shape index (κ1) is 13.5. The average Bonchev–Trinajstić information content (AvgIpc) is 2.11. The van der Waals surface area contributed by atoms with E-state index in [4.69, 9.17) is 0 Å². The van der Waals surface area contributed by atoms with Crippen LogP contribution in [0.1, 0.15) is 33.6 Å². The summed E-state index contributed by atoms with van der Waals surface area (Å²) in [5, 5.41) is 15.9. The van der Waals surface area contributed by atoms with E-state index in [-0.39, 0.29) is 11.8 Å². The Morgan fingerprint density at radius 1 is 1.62 bits per heavy atom. The molecule has 1 aliphatic heterocycles. The lowest BCUT2D eigenvalue weighted by atomic mass is 9.88. The van der Waals surface area contributed by atoms with Crippen LogP contribution in [0.15, 0.2) is 0 Å². The van der Waals surface area contributed by atoms with E-state index in [2.05, 4.69) is 10.6 Å². The first-order valence-corrected chi connectivity index (χ1v) is 6.17. The van der Waals surface area contributed by atoms with Crippen molar-refractivity contribution in [2.75, 3.05) is 19.6 Å². The fourth-order valence-corrected chi connectivity index (χ4v) is 1.94. The maximum absolute atomic E-state index is 11.8. The van der Waals surface area contributed by atoms with Crippen molar-refractivity contribution in [2.24, 2.45) is 11.8 Å². The fourth-order valence-electron chi connectivity index (χ4n) is 1.94. The van der Waals surface area contributed by atoms with Crippen molar-refractivity contribution in [3.05, 3.63) is 0 Å². The third-order valence-electron chi connectivity index (χ3n) is 3.37. The van der Waals surface area contributed by atoms with Gasteiger partial charge in [0.15, 0.2) is 0 Å². The molecule has 1 fully saturated rings. The summed E-state index contributed by atoms with van der Waals surface area (Å²) in [6.07, 6.45) is 1.64. The number of nitrogens with one attached hydrogen (secondary N) is 2. The van der Waals surface area contributed by atoms with Gasteiger partial charge >= 0.3 is 0 Å². The molecule has 0 saturated carbocycles. The molecule has 1 saturated heterocycles. The van der Waals surface area contributed by atoms with Gasteiger partial charge in [-0.2, -0.15) is 0 Å². The molecule has 0 bridgehead atoms. The highest BCUT2D eigenvalue weighted by Crippen LogP contribution is 2.16. The lowest BCUT2D eigenvalue weighted by Gasteiger charge is -2.32. The van der Waals surface area contributed by atoms with Crippen LogP contribution >= 0.6 is 0 Å². The highest BCUT2D eigenvalue weighted by Gasteiger charge is 2.29. The van der Waals surface area contributed by atoms with E-state index >= 15 is 0 Å². The molecule has 2 unspecified atom stereocenters. The van der Waals surface area contributed by atoms with Gasteiger partial charge in [-0.15, -0.1) is 0 Å². The third kappa shape index (κ3) is 3.76. The van der Waals surface area contributed by atoms with Gasteiger partial charge in [0.25, 0.3) is 0 Å². The van der Waals surface area contributed by atoms with Crippen LogP contribution in [-0.4, -0.2) is 36.2 Å². The summed E-state index contributed by atoms with van der Waals surface area (Å²) in [7, 11) is 0. The Kier molecular flexibility index (Phi) is 4.74. The zero-order valence-electron chi connectivity index (χ0n) is 10.5. The Balaban J connectivity index is 2.28. The van der Waals surface area contributed by atoms with Gasteiger partial charge in [-0.1, -0.05) is 20.3 Å². The van der Waals surface area contributed by atoms with Crippen molar-refractivity contribution in [3.63, 3.8) is 0 Å². The van der Waals surface area contributed by atoms with E-state index in [0.717, 1.165) is 19.5 Å². The van der Waals surface area contributed by atoms with Crippen LogP contribution in [-0.2, 0) is 4.79 Å². The maximum atomic E-state index is 11.8. The van der Waals surface area contributed by atoms with Gasteiger partial charge < -0.3 is 15.7 Å². The molecule has 0 aromatic carbocycles. The molecule has 1 heterocycles. The van der Waals surface area contributed by atoms with Gasteiger partial charge in [-0.25, -0.2) is 0 Å². The average molecular weight is 228 g/mol. The molecule has 94 valence electrons. The zero-order valence-corrected chi connectivity index (χ0v) is 10.5. The topological polar surface area (TPSA) is 61.4 Å². The van der Waals surface area contributed by atoms with Gasteiger partial charge in [-0.05, 0) is 32.4 Å². The molecule has 0 aliphatic carbocycles. The van der Waals surface area contributed by atoms with Gasteiger partial charge in [0.1, 0.15) is 0 Å². The second kappa shape index (κ2) is 5.64. The van der Waals surface area contributed by atoms with E-state index in [1.807, 2.05) is 13.8 Å². The van der Waals surface area contributed by atoms with Crippen LogP contribution in [0.25, 0.3) is 0 Å². The van der Waals surface area contributed by atoms with Crippen molar-refractivity contribution in [3.8, 4) is 0 Å². The van der Waals surface area contributed by atoms with Gasteiger partial charge in [-0.3, -0.25) is 4.79 Å². The number of carbonyl (C=O) groups excluding carboxylic acids is 1. The largest absolute Gasteiger partial charge is 0.388 e. The normalized spacial score (nSPS) is 22.0. The van der Waals surface area contributed by atoms with E-state index < -0.39 is 5.60 Å². The van der Waals surface area contributed by atoms with Crippen LogP contribution in [0, 0.1) is 11.8 Å². The van der Waals surface area contributed by atoms with Crippen LogP contribution in [0.3, 0.4) is 0 Å². The molecule has 0 aromatic heterocycles. The van der Waals surface area contributed by atoms with E-state index in [0.29, 0.717) is 18.9 Å². The van der Waals surface area contributed by atoms with Gasteiger partial charge in [0.2, 0.25) is 5.91 Å². The lowest BCUT2D eigenvalue weighted by molar-refractivity contribution is -0.127. The van der Waals surface area contributed by atoms with Gasteiger partial charge in [0.05, 0.1) is 5.60 Å². The number of carbonyl (C=O) groups is 1. The zero-order chi connectivity index (χ0) is 12.2. The van der Waals surface area contributed by atoms with Crippen molar-refractivity contribution in [1.29, 1.82) is 0 Å². The second-order valence-corrected chi connectivity index (χ2v) is 5.17. The van der Waals surface area contributed by atoms with Crippen molar-refractivity contribution < 1.29 is 9.90 Å². The van der Waals surface area contributed by atoms with E-state index in [9.17, 15) is 9.90 Å². The maximum Gasteiger partial charge on any atom is 0.223 e. The fraction of sp³-hybridized carbons (Fsp3) is 0.917. The van der Waals surface area contributed by atoms with Crippen molar-refractivity contribution >= 4 is 5.91 Å². The summed E-state index contributed by atoms with van der Waals surface area (Å²) in [4.78, 5) is 11.8. The highest BCUT2D eigenvalue weighted by molar-refractivity contribution is 5.78. The molecule has 2 atom stereocenters. The Hall–Kier alpha value is -0.610. The predicted octanol–water partition coefficient (Wildman–Crippen LogP) is 0.509. The Bertz CT molecular complexity index is 237. The molecular formula is C12H24N2O2. The Morgan fingerprint density at radius 2 is 2.25 bits per heavy atom. The molecule has 1 rings (SSSR count). The number of rotatable bonds is 6. The monoisotopic (exact) mass is 228 g/mol. The second-order valence-electron chi connectivity index (χ2n) is 5.17. The predicted molar refractivity (Wildman–Crippen MR) is 64.1 cm³/mol. The molecule has 1 aliphatic rings. The molecular weight excluding hydrogens is 204 g/mol. The first-order chi connectivity index (χ1) is 7.46. The molecule has 0 radical (unpaired) electrons. The minimum Gasteiger partial charge on any atom is -0.388 e. The SMILES string of the molecule is CCCC(C)(O)CNC(=O)C(C)C1CNC1. The minimum absolute atomic E-state index is 0.0404. The smallest absolute Gasteiger partial charge is 0.223 e. The van der Waals surface area contributed by atoms with Gasteiger partial charge in [0, 0.05) is 12.5 Å². The van der Waals surface area contributed by atoms with E-state index in [1.54, 1.807) is 6.92 Å². The van der Waals surface area contributed by atoms with Crippen LogP contribution in [0.5, 0.6) is 0 Å². The summed E-state index contributed by atoms with van der Waals surface area (Å²) in [5.41, 5.74) is -0.776.